The zero-order chi connectivity index (χ0) is 86.1. The molecule has 2 aromatic carbocycles. The zero-order valence-electron chi connectivity index (χ0n) is 68.0. The minimum atomic E-state index is -4.03. The Bertz CT molecular complexity index is 5760. The molecule has 9 aromatic heterocycles. The molecular weight excluding hydrogens is 1650 g/mol. The SMILES string of the molecule is CC(=O)N[C@@H]1CCCC(Nc2nc(-c3c[nH]c4ncc(Cl)cc34)ncc2F)C1.CC(C)(C)OC(=O)C[C@@H]1CCCC(N)C1.Cc1ccc(S(=O)(=O)n2cc(-c3ncc(F)c(NC4CCC[C@@H](N)C4)n3)c3cc(Cl)cnc32)cc1.Cc1ccc(S(=O)(=O)n2cc(-c3ncc(F)c(NC4CCC[C@@H](NC(=O)OC(C)(C)C)C4)n3)c3cc(Cl)cnc32)cc1. The van der Waals surface area contributed by atoms with Crippen molar-refractivity contribution in [2.45, 2.75) is 235 Å². The van der Waals surface area contributed by atoms with Crippen molar-refractivity contribution in [1.29, 1.82) is 0 Å². The van der Waals surface area contributed by atoms with Gasteiger partial charge in [0.1, 0.15) is 16.8 Å². The van der Waals surface area contributed by atoms with E-state index in [1.165, 1.54) is 56.0 Å². The van der Waals surface area contributed by atoms with Crippen LogP contribution in [-0.4, -0.2) is 146 Å². The van der Waals surface area contributed by atoms with Crippen molar-refractivity contribution in [3.63, 3.8) is 0 Å². The molecule has 4 aliphatic carbocycles. The Kier molecular flexibility index (Phi) is 28.4. The van der Waals surface area contributed by atoms with Gasteiger partial charge in [-0.3, -0.25) is 9.59 Å². The highest BCUT2D eigenvalue weighted by Crippen LogP contribution is 2.38. The maximum atomic E-state index is 14.9. The molecule has 2 amide bonds. The first-order valence-corrected chi connectivity index (χ1v) is 43.9. The van der Waals surface area contributed by atoms with Gasteiger partial charge in [0, 0.05) is 126 Å². The maximum Gasteiger partial charge on any atom is 0.407 e. The van der Waals surface area contributed by atoms with Crippen LogP contribution >= 0.6 is 34.8 Å². The van der Waals surface area contributed by atoms with E-state index in [4.69, 9.17) is 55.7 Å². The third-order valence-corrected chi connectivity index (χ3v) is 24.6. The summed E-state index contributed by atoms with van der Waals surface area (Å²) in [7, 11) is -8.01. The summed E-state index contributed by atoms with van der Waals surface area (Å²) in [6, 6.07) is 18.1. The van der Waals surface area contributed by atoms with E-state index in [-0.39, 0.29) is 110 Å². The van der Waals surface area contributed by atoms with Gasteiger partial charge in [-0.15, -0.1) is 0 Å². The van der Waals surface area contributed by atoms with Crippen molar-refractivity contribution in [3.05, 3.63) is 166 Å². The van der Waals surface area contributed by atoms with Crippen LogP contribution in [0.5, 0.6) is 0 Å². The number of aromatic nitrogens is 12. The number of rotatable bonds is 17. The lowest BCUT2D eigenvalue weighted by atomic mass is 9.84. The molecule has 36 heteroatoms. The number of H-pyrrole nitrogens is 1. The number of hydrogen-bond acceptors (Lipinski definition) is 23. The number of ether oxygens (including phenoxy) is 2. The summed E-state index contributed by atoms with van der Waals surface area (Å²) < 4.78 is 111. The highest BCUT2D eigenvalue weighted by Gasteiger charge is 2.33. The van der Waals surface area contributed by atoms with Gasteiger partial charge in [-0.1, -0.05) is 76.6 Å². The number of aryl methyl sites for hydroxylation is 2. The Morgan fingerprint density at radius 3 is 1.32 bits per heavy atom. The van der Waals surface area contributed by atoms with Crippen molar-refractivity contribution in [2.24, 2.45) is 17.4 Å². The van der Waals surface area contributed by atoms with Gasteiger partial charge < -0.3 is 52.5 Å². The van der Waals surface area contributed by atoms with Crippen molar-refractivity contribution in [1.82, 2.24) is 68.4 Å². The summed E-state index contributed by atoms with van der Waals surface area (Å²) in [6.07, 6.45) is 26.3. The Balaban J connectivity index is 0.000000154. The first-order valence-electron chi connectivity index (χ1n) is 39.9. The number of anilines is 3. The van der Waals surface area contributed by atoms with E-state index < -0.39 is 49.2 Å². The number of esters is 1. The number of benzene rings is 2. The first kappa shape index (κ1) is 89.1. The number of nitrogens with one attached hydrogen (secondary N) is 6. The van der Waals surface area contributed by atoms with E-state index in [0.717, 1.165) is 133 Å². The molecular formula is C84H99Cl3F3N19O9S2. The predicted octanol–water partition coefficient (Wildman–Crippen LogP) is 16.5. The molecule has 4 unspecified atom stereocenters. The number of nitrogens with zero attached hydrogens (tertiary/aromatic N) is 11. The maximum absolute atomic E-state index is 14.9. The summed E-state index contributed by atoms with van der Waals surface area (Å²) in [5.74, 6) is -0.651. The largest absolute Gasteiger partial charge is 0.460 e. The number of carbonyl (C=O) groups excluding carboxylic acids is 3. The van der Waals surface area contributed by atoms with Crippen LogP contribution in [0.25, 0.3) is 67.3 Å². The molecule has 0 spiro atoms. The Morgan fingerprint density at radius 2 is 0.892 bits per heavy atom. The Labute approximate surface area is 709 Å². The number of aromatic amines is 1. The Morgan fingerprint density at radius 1 is 0.500 bits per heavy atom. The minimum absolute atomic E-state index is 0.00429. The number of nitrogens with two attached hydrogens (primary N) is 2. The lowest BCUT2D eigenvalue weighted by Gasteiger charge is -2.31. The monoisotopic (exact) mass is 1740 g/mol. The van der Waals surface area contributed by atoms with Crippen molar-refractivity contribution < 1.29 is 53.9 Å². The van der Waals surface area contributed by atoms with Gasteiger partial charge in [0.05, 0.1) is 43.4 Å². The number of fused-ring (bicyclic) bond motifs is 3. The third kappa shape index (κ3) is 23.1. The van der Waals surface area contributed by atoms with E-state index in [0.29, 0.717) is 79.2 Å². The van der Waals surface area contributed by atoms with Crippen molar-refractivity contribution >= 4 is 123 Å². The van der Waals surface area contributed by atoms with E-state index in [1.54, 1.807) is 75.6 Å². The molecule has 9 heterocycles. The van der Waals surface area contributed by atoms with Gasteiger partial charge in [0.15, 0.2) is 63.7 Å². The fraction of sp³-hybridized carbons (Fsp3) is 0.429. The van der Waals surface area contributed by atoms with Crippen LogP contribution in [-0.2, 0) is 39.1 Å². The average Bonchev–Trinajstić information content (AvgIpc) is 1.60. The third-order valence-electron chi connectivity index (χ3n) is 20.7. The standard InChI is InChI=1S/C29H32ClFN6O4S.C24H24ClFN6O2S.C19H20ClFN6O.C12H23NO2/c1-17-8-10-21(11-9-17)42(39,40)37-16-23(22-12-18(30)14-33-27(22)37)25-32-15-24(31)26(36-25)34-19-6-5-7-20(13-19)35-28(38)41-29(2,3)4;1-14-5-7-18(8-6-14)35(33,34)32-13-20(19-9-15(25)11-29-24(19)32)22-28-12-21(26)23(31-22)30-17-4-2-3-16(27)10-17;1-10(28)25-12-3-2-4-13(6-12)26-19-16(21)9-24-18(27-19)15-8-23-17-14(15)5-11(20)7-22-17;1-12(2,3)15-11(14)8-9-5-4-6-10(13)7-9/h8-12,14-16,19-20H,5-7,13H2,1-4H3,(H,35,38)(H,32,34,36);5-9,11-13,16-17H,2-4,10,27H2,1H3,(H,28,30,31);5,7-9,12-13H,2-4,6H2,1H3,(H,22,23)(H,25,28)(H,24,26,27);9-10H,4-8,13H2,1-3H3/t19?,20-;16-,17?;12-,13?;9-,10?/m1111/s1. The van der Waals surface area contributed by atoms with Gasteiger partial charge >= 0.3 is 12.1 Å². The number of carbonyl (C=O) groups is 3. The van der Waals surface area contributed by atoms with Crippen LogP contribution in [0.3, 0.4) is 0 Å². The fourth-order valence-electron chi connectivity index (χ4n) is 15.2. The Hall–Kier alpha value is -10.2. The molecule has 0 bridgehead atoms. The van der Waals surface area contributed by atoms with Crippen LogP contribution < -0.4 is 38.1 Å². The highest BCUT2D eigenvalue weighted by atomic mass is 35.5. The predicted molar refractivity (Wildman–Crippen MR) is 458 cm³/mol. The second kappa shape index (κ2) is 38.3. The first-order chi connectivity index (χ1) is 56.9. The highest BCUT2D eigenvalue weighted by molar-refractivity contribution is 7.90. The zero-order valence-corrected chi connectivity index (χ0v) is 71.9. The number of halogens is 6. The van der Waals surface area contributed by atoms with E-state index >= 15 is 0 Å². The summed E-state index contributed by atoms with van der Waals surface area (Å²) >= 11 is 18.5. The van der Waals surface area contributed by atoms with E-state index in [9.17, 15) is 44.4 Å². The molecule has 4 fully saturated rings. The summed E-state index contributed by atoms with van der Waals surface area (Å²) in [6.45, 7) is 16.3. The number of alkyl carbamates (subject to hydrolysis) is 1. The van der Waals surface area contributed by atoms with Gasteiger partial charge in [0.25, 0.3) is 20.0 Å². The quantitative estimate of drug-likeness (QED) is 0.0393. The smallest absolute Gasteiger partial charge is 0.407 e. The average molecular weight is 1750 g/mol. The van der Waals surface area contributed by atoms with Gasteiger partial charge in [-0.25, -0.2) is 87.6 Å². The lowest BCUT2D eigenvalue weighted by molar-refractivity contribution is -0.156. The molecule has 15 rings (SSSR count). The molecule has 4 saturated carbocycles. The molecule has 10 N–H and O–H groups in total. The van der Waals surface area contributed by atoms with E-state index in [2.05, 4.69) is 76.4 Å². The molecule has 11 aromatic rings. The lowest BCUT2D eigenvalue weighted by Crippen LogP contribution is -2.44. The van der Waals surface area contributed by atoms with Crippen LogP contribution in [0.4, 0.5) is 35.4 Å². The van der Waals surface area contributed by atoms with Crippen molar-refractivity contribution in [3.8, 4) is 34.2 Å². The molecule has 0 radical (unpaired) electrons. The molecule has 28 nitrogen and oxygen atoms in total. The normalized spacial score (nSPS) is 19.6. The topological polar surface area (TPSA) is 392 Å². The number of pyridine rings is 3. The number of amides is 2. The summed E-state index contributed by atoms with van der Waals surface area (Å²) in [4.78, 5) is 76.9. The molecule has 4 aliphatic rings. The van der Waals surface area contributed by atoms with Crippen molar-refractivity contribution in [2.75, 3.05) is 16.0 Å². The second-order valence-electron chi connectivity index (χ2n) is 32.9. The van der Waals surface area contributed by atoms with E-state index in [1.807, 2.05) is 34.6 Å². The van der Waals surface area contributed by atoms with Crippen LogP contribution in [0.1, 0.15) is 169 Å². The molecule has 120 heavy (non-hydrogen) atoms. The van der Waals surface area contributed by atoms with Crippen LogP contribution in [0.2, 0.25) is 15.1 Å². The summed E-state index contributed by atoms with van der Waals surface area (Å²) in [5, 5.41) is 18.0. The molecule has 0 aliphatic heterocycles. The van der Waals surface area contributed by atoms with Crippen LogP contribution in [0.15, 0.2) is 132 Å². The minimum Gasteiger partial charge on any atom is -0.460 e. The molecule has 8 atom stereocenters. The van der Waals surface area contributed by atoms with Gasteiger partial charge in [-0.2, -0.15) is 0 Å². The molecule has 638 valence electrons. The number of hydrogen-bond donors (Lipinski definition) is 8. The molecule has 0 saturated heterocycles. The fourth-order valence-corrected chi connectivity index (χ4v) is 18.3. The van der Waals surface area contributed by atoms with Crippen LogP contribution in [0, 0.1) is 37.2 Å². The summed E-state index contributed by atoms with van der Waals surface area (Å²) in [5.41, 5.74) is 15.2. The van der Waals surface area contributed by atoms with Gasteiger partial charge in [0.2, 0.25) is 5.91 Å². The van der Waals surface area contributed by atoms with Gasteiger partial charge in [-0.05, 0) is 200 Å². The second-order valence-corrected chi connectivity index (χ2v) is 37.8.